The third kappa shape index (κ3) is 2.90. The van der Waals surface area contributed by atoms with Crippen LogP contribution in [0.25, 0.3) is 0 Å². The molecule has 0 spiro atoms. The van der Waals surface area contributed by atoms with Gasteiger partial charge in [-0.15, -0.1) is 11.8 Å². The maximum Gasteiger partial charge on any atom is 0.179 e. The van der Waals surface area contributed by atoms with E-state index < -0.39 is 6.10 Å². The summed E-state index contributed by atoms with van der Waals surface area (Å²) >= 11 is 6.11. The van der Waals surface area contributed by atoms with Gasteiger partial charge in [-0.25, -0.2) is 0 Å². The van der Waals surface area contributed by atoms with Crippen LogP contribution in [0.5, 0.6) is 11.5 Å². The van der Waals surface area contributed by atoms with Gasteiger partial charge >= 0.3 is 0 Å². The van der Waals surface area contributed by atoms with Crippen LogP contribution in [0.2, 0.25) is 5.02 Å². The number of ether oxygens (including phenoxy) is 2. The zero-order valence-electron chi connectivity index (χ0n) is 10.2. The molecule has 0 aromatic heterocycles. The Hall–Kier alpha value is -1.37. The monoisotopic (exact) mass is 266 g/mol. The van der Waals surface area contributed by atoms with Gasteiger partial charge in [-0.1, -0.05) is 11.6 Å². The molecule has 1 aliphatic heterocycles. The van der Waals surface area contributed by atoms with Crippen molar-refractivity contribution in [3.63, 3.8) is 0 Å². The molecule has 0 saturated heterocycles. The molecule has 0 fully saturated rings. The lowest BCUT2D eigenvalue weighted by Crippen LogP contribution is -2.16. The lowest BCUT2D eigenvalue weighted by molar-refractivity contribution is 0.160. The van der Waals surface area contributed by atoms with Gasteiger partial charge in [-0.05, 0) is 31.0 Å². The molecule has 96 valence electrons. The predicted octanol–water partition coefficient (Wildman–Crippen LogP) is 2.95. The first-order valence-electron chi connectivity index (χ1n) is 5.89. The van der Waals surface area contributed by atoms with Gasteiger partial charge in [-0.2, -0.15) is 0 Å². The molecule has 1 atom stereocenters. The van der Waals surface area contributed by atoms with Crippen LogP contribution >= 0.6 is 11.6 Å². The van der Waals surface area contributed by atoms with Crippen LogP contribution < -0.4 is 9.47 Å². The van der Waals surface area contributed by atoms with Crippen molar-refractivity contribution in [3.05, 3.63) is 22.7 Å². The lowest BCUT2D eigenvalue weighted by atomic mass is 10.0. The summed E-state index contributed by atoms with van der Waals surface area (Å²) in [6.07, 6.45) is 0.653. The van der Waals surface area contributed by atoms with Gasteiger partial charge in [0.2, 0.25) is 0 Å². The first-order chi connectivity index (χ1) is 8.72. The minimum atomic E-state index is -0.584. The maximum atomic E-state index is 10.1. The molecule has 1 aliphatic rings. The quantitative estimate of drug-likeness (QED) is 0.855. The van der Waals surface area contributed by atoms with E-state index in [0.29, 0.717) is 42.6 Å². The lowest BCUT2D eigenvalue weighted by Gasteiger charge is -2.21. The summed E-state index contributed by atoms with van der Waals surface area (Å²) < 4.78 is 10.9. The summed E-state index contributed by atoms with van der Waals surface area (Å²) in [4.78, 5) is 0. The van der Waals surface area contributed by atoms with Crippen LogP contribution in [-0.2, 0) is 0 Å². The van der Waals surface area contributed by atoms with E-state index in [1.807, 2.05) is 0 Å². The topological polar surface area (TPSA) is 38.7 Å². The van der Waals surface area contributed by atoms with E-state index in [-0.39, 0.29) is 0 Å². The third-order valence-corrected chi connectivity index (χ3v) is 3.00. The van der Waals surface area contributed by atoms with Gasteiger partial charge in [0.05, 0.1) is 11.1 Å². The van der Waals surface area contributed by atoms with Crippen LogP contribution in [0.4, 0.5) is 0 Å². The molecule has 0 saturated carbocycles. The first-order valence-corrected chi connectivity index (χ1v) is 6.27. The fourth-order valence-corrected chi connectivity index (χ4v) is 2.10. The predicted molar refractivity (Wildman–Crippen MR) is 70.1 cm³/mol. The molecule has 3 nitrogen and oxygen atoms in total. The summed E-state index contributed by atoms with van der Waals surface area (Å²) in [5, 5.41) is 10.5. The fourth-order valence-electron chi connectivity index (χ4n) is 1.82. The van der Waals surface area contributed by atoms with Crippen molar-refractivity contribution in [2.24, 2.45) is 0 Å². The third-order valence-electron chi connectivity index (χ3n) is 2.72. The smallest absolute Gasteiger partial charge is 0.179 e. The highest BCUT2D eigenvalue weighted by Gasteiger charge is 2.19. The second-order valence-electron chi connectivity index (χ2n) is 4.01. The van der Waals surface area contributed by atoms with E-state index in [1.165, 1.54) is 0 Å². The summed E-state index contributed by atoms with van der Waals surface area (Å²) in [6, 6.07) is 3.50. The number of rotatable bonds is 3. The molecular weight excluding hydrogens is 252 g/mol. The zero-order chi connectivity index (χ0) is 13.0. The molecule has 4 heteroatoms. The zero-order valence-corrected chi connectivity index (χ0v) is 11.0. The van der Waals surface area contributed by atoms with Crippen LogP contribution in [0, 0.1) is 11.8 Å². The van der Waals surface area contributed by atoms with Crippen LogP contribution in [0.3, 0.4) is 0 Å². The number of hydrogen-bond donors (Lipinski definition) is 1. The molecule has 1 heterocycles. The maximum absolute atomic E-state index is 10.1. The number of hydrogen-bond acceptors (Lipinski definition) is 3. The summed E-state index contributed by atoms with van der Waals surface area (Å²) in [6.45, 7) is 2.79. The van der Waals surface area contributed by atoms with Gasteiger partial charge in [-0.3, -0.25) is 0 Å². The molecular formula is C14H15ClO3. The van der Waals surface area contributed by atoms with E-state index in [1.54, 1.807) is 19.1 Å². The second-order valence-corrected chi connectivity index (χ2v) is 4.42. The Labute approximate surface area is 112 Å². The van der Waals surface area contributed by atoms with Gasteiger partial charge in [0.1, 0.15) is 13.2 Å². The summed E-state index contributed by atoms with van der Waals surface area (Å²) in [5.41, 5.74) is 0.738. The van der Waals surface area contributed by atoms with Gasteiger partial charge in [0.25, 0.3) is 0 Å². The highest BCUT2D eigenvalue weighted by atomic mass is 35.5. The van der Waals surface area contributed by atoms with Gasteiger partial charge in [0.15, 0.2) is 11.5 Å². The number of halogens is 1. The molecule has 1 N–H and O–H groups in total. The van der Waals surface area contributed by atoms with E-state index in [4.69, 9.17) is 21.1 Å². The Morgan fingerprint density at radius 1 is 1.39 bits per heavy atom. The highest BCUT2D eigenvalue weighted by molar-refractivity contribution is 6.32. The Balaban J connectivity index is 2.17. The number of benzene rings is 1. The fraction of sp³-hybridized carbons (Fsp3) is 0.429. The molecule has 1 aromatic rings. The number of aliphatic hydroxyl groups excluding tert-OH is 1. The van der Waals surface area contributed by atoms with Crippen molar-refractivity contribution < 1.29 is 14.6 Å². The minimum absolute atomic E-state index is 0.475. The van der Waals surface area contributed by atoms with Gasteiger partial charge < -0.3 is 14.6 Å². The average molecular weight is 267 g/mol. The highest BCUT2D eigenvalue weighted by Crippen LogP contribution is 2.40. The van der Waals surface area contributed by atoms with Crippen molar-refractivity contribution in [1.29, 1.82) is 0 Å². The van der Waals surface area contributed by atoms with E-state index in [9.17, 15) is 5.11 Å². The first kappa shape index (κ1) is 13.1. The standard InChI is InChI=1S/C14H15ClO3/c1-2-3-4-5-12(16)10-8-11(15)14-13(9-10)17-6-7-18-14/h8-9,12,16H,4-7H2,1H3. The Morgan fingerprint density at radius 3 is 2.94 bits per heavy atom. The van der Waals surface area contributed by atoms with Crippen LogP contribution in [-0.4, -0.2) is 18.3 Å². The summed E-state index contributed by atoms with van der Waals surface area (Å²) in [5.74, 6) is 6.89. The second kappa shape index (κ2) is 5.99. The number of fused-ring (bicyclic) bond motifs is 1. The van der Waals surface area contributed by atoms with Crippen molar-refractivity contribution in [1.82, 2.24) is 0 Å². The molecule has 2 rings (SSSR count). The Bertz CT molecular complexity index is 488. The molecule has 1 aromatic carbocycles. The minimum Gasteiger partial charge on any atom is -0.486 e. The van der Waals surface area contributed by atoms with Crippen molar-refractivity contribution in [2.75, 3.05) is 13.2 Å². The molecule has 0 amide bonds. The van der Waals surface area contributed by atoms with Gasteiger partial charge in [0, 0.05) is 6.42 Å². The Kier molecular flexibility index (Phi) is 4.35. The molecule has 0 bridgehead atoms. The van der Waals surface area contributed by atoms with Crippen molar-refractivity contribution in [2.45, 2.75) is 25.9 Å². The van der Waals surface area contributed by atoms with Crippen LogP contribution in [0.1, 0.15) is 31.4 Å². The van der Waals surface area contributed by atoms with E-state index in [0.717, 1.165) is 5.56 Å². The molecule has 0 aliphatic carbocycles. The Morgan fingerprint density at radius 2 is 2.17 bits per heavy atom. The van der Waals surface area contributed by atoms with Crippen molar-refractivity contribution in [3.8, 4) is 23.3 Å². The van der Waals surface area contributed by atoms with Crippen LogP contribution in [0.15, 0.2) is 12.1 Å². The number of aliphatic hydroxyl groups is 1. The normalized spacial score (nSPS) is 14.6. The largest absolute Gasteiger partial charge is 0.486 e. The molecule has 18 heavy (non-hydrogen) atoms. The average Bonchev–Trinajstić information content (AvgIpc) is 2.39. The van der Waals surface area contributed by atoms with E-state index >= 15 is 0 Å². The van der Waals surface area contributed by atoms with Crippen molar-refractivity contribution >= 4 is 11.6 Å². The molecule has 0 radical (unpaired) electrons. The summed E-state index contributed by atoms with van der Waals surface area (Å²) in [7, 11) is 0. The van der Waals surface area contributed by atoms with E-state index in [2.05, 4.69) is 11.8 Å². The SMILES string of the molecule is CC#CCCC(O)c1cc(Cl)c2c(c1)OCCO2. The molecule has 1 unspecified atom stereocenters.